The van der Waals surface area contributed by atoms with Crippen molar-refractivity contribution >= 4 is 11.5 Å². The van der Waals surface area contributed by atoms with Crippen LogP contribution in [0.1, 0.15) is 31.1 Å². The molecule has 3 nitrogen and oxygen atoms in total. The second-order valence-electron chi connectivity index (χ2n) is 5.14. The molecule has 0 radical (unpaired) electrons. The Kier molecular flexibility index (Phi) is 2.99. The van der Waals surface area contributed by atoms with Crippen LogP contribution >= 0.6 is 0 Å². The van der Waals surface area contributed by atoms with Gasteiger partial charge in [-0.2, -0.15) is 0 Å². The highest BCUT2D eigenvalue weighted by atomic mass is 16.3. The van der Waals surface area contributed by atoms with Gasteiger partial charge in [-0.05, 0) is 38.0 Å². The molecule has 1 aromatic heterocycles. The maximum atomic E-state index is 9.93. The van der Waals surface area contributed by atoms with Crippen LogP contribution in [0.15, 0.2) is 42.6 Å². The molecule has 2 unspecified atom stereocenters. The first-order valence-corrected chi connectivity index (χ1v) is 6.68. The first-order chi connectivity index (χ1) is 9.18. The van der Waals surface area contributed by atoms with Gasteiger partial charge in [0, 0.05) is 23.5 Å². The van der Waals surface area contributed by atoms with Gasteiger partial charge in [-0.1, -0.05) is 24.3 Å². The molecule has 0 aliphatic carbocycles. The summed E-state index contributed by atoms with van der Waals surface area (Å²) in [6, 6.07) is 12.6. The minimum Gasteiger partial charge on any atom is -0.389 e. The van der Waals surface area contributed by atoms with Crippen LogP contribution < -0.4 is 4.90 Å². The highest BCUT2D eigenvalue weighted by molar-refractivity contribution is 5.70. The Labute approximate surface area is 113 Å². The molecule has 0 saturated heterocycles. The van der Waals surface area contributed by atoms with E-state index in [1.807, 2.05) is 12.1 Å². The standard InChI is InChI=1S/C16H18N2O/c1-11-10-13-6-3-4-8-15(13)18(11)16-14(12(2)19)7-5-9-17-16/h3-9,11-12,19H,10H2,1-2H3. The number of hydrogen-bond acceptors (Lipinski definition) is 3. The highest BCUT2D eigenvalue weighted by Gasteiger charge is 2.29. The highest BCUT2D eigenvalue weighted by Crippen LogP contribution is 2.39. The molecule has 98 valence electrons. The predicted octanol–water partition coefficient (Wildman–Crippen LogP) is 3.22. The maximum absolute atomic E-state index is 9.93. The first-order valence-electron chi connectivity index (χ1n) is 6.68. The second kappa shape index (κ2) is 4.67. The quantitative estimate of drug-likeness (QED) is 0.894. The normalized spacial score (nSPS) is 19.3. The molecular weight excluding hydrogens is 236 g/mol. The van der Waals surface area contributed by atoms with Crippen LogP contribution in [0, 0.1) is 0 Å². The lowest BCUT2D eigenvalue weighted by Gasteiger charge is -2.26. The molecule has 2 atom stereocenters. The van der Waals surface area contributed by atoms with E-state index in [1.165, 1.54) is 11.3 Å². The number of aliphatic hydroxyl groups excluding tert-OH is 1. The maximum Gasteiger partial charge on any atom is 0.139 e. The van der Waals surface area contributed by atoms with Gasteiger partial charge >= 0.3 is 0 Å². The van der Waals surface area contributed by atoms with E-state index in [1.54, 1.807) is 13.1 Å². The van der Waals surface area contributed by atoms with Crippen LogP contribution in [-0.2, 0) is 6.42 Å². The van der Waals surface area contributed by atoms with Crippen LogP contribution in [0.4, 0.5) is 11.5 Å². The molecule has 0 bridgehead atoms. The number of rotatable bonds is 2. The molecule has 19 heavy (non-hydrogen) atoms. The molecule has 0 spiro atoms. The van der Waals surface area contributed by atoms with Gasteiger partial charge in [-0.3, -0.25) is 0 Å². The smallest absolute Gasteiger partial charge is 0.139 e. The summed E-state index contributed by atoms with van der Waals surface area (Å²) >= 11 is 0. The average molecular weight is 254 g/mol. The summed E-state index contributed by atoms with van der Waals surface area (Å²) in [6.45, 7) is 3.98. The van der Waals surface area contributed by atoms with Gasteiger partial charge in [-0.15, -0.1) is 0 Å². The fourth-order valence-electron chi connectivity index (χ4n) is 2.83. The zero-order valence-corrected chi connectivity index (χ0v) is 11.2. The van der Waals surface area contributed by atoms with Gasteiger partial charge in [0.15, 0.2) is 0 Å². The molecule has 0 saturated carbocycles. The third-order valence-corrected chi connectivity index (χ3v) is 3.70. The topological polar surface area (TPSA) is 36.4 Å². The average Bonchev–Trinajstić information content (AvgIpc) is 2.74. The van der Waals surface area contributed by atoms with Gasteiger partial charge in [-0.25, -0.2) is 4.98 Å². The zero-order valence-electron chi connectivity index (χ0n) is 11.2. The number of anilines is 2. The number of aliphatic hydroxyl groups is 1. The molecule has 3 rings (SSSR count). The van der Waals surface area contributed by atoms with Crippen LogP contribution in [0.25, 0.3) is 0 Å². The fourth-order valence-corrected chi connectivity index (χ4v) is 2.83. The van der Waals surface area contributed by atoms with E-state index >= 15 is 0 Å². The molecular formula is C16H18N2O. The minimum absolute atomic E-state index is 0.366. The number of aromatic nitrogens is 1. The summed E-state index contributed by atoms with van der Waals surface area (Å²) in [4.78, 5) is 6.73. The van der Waals surface area contributed by atoms with Gasteiger partial charge in [0.1, 0.15) is 5.82 Å². The van der Waals surface area contributed by atoms with Crippen LogP contribution in [-0.4, -0.2) is 16.1 Å². The Balaban J connectivity index is 2.13. The lowest BCUT2D eigenvalue weighted by atomic mass is 10.1. The molecule has 1 N–H and O–H groups in total. The van der Waals surface area contributed by atoms with Crippen molar-refractivity contribution in [3.05, 3.63) is 53.7 Å². The van der Waals surface area contributed by atoms with Crippen LogP contribution in [0.5, 0.6) is 0 Å². The van der Waals surface area contributed by atoms with Gasteiger partial charge < -0.3 is 10.0 Å². The first kappa shape index (κ1) is 12.2. The number of nitrogens with zero attached hydrogens (tertiary/aromatic N) is 2. The fraction of sp³-hybridized carbons (Fsp3) is 0.312. The Morgan fingerprint density at radius 1 is 1.26 bits per heavy atom. The van der Waals surface area contributed by atoms with Crippen molar-refractivity contribution in [3.8, 4) is 0 Å². The number of hydrogen-bond donors (Lipinski definition) is 1. The molecule has 1 aromatic carbocycles. The molecule has 1 aliphatic heterocycles. The summed E-state index contributed by atoms with van der Waals surface area (Å²) in [5, 5.41) is 9.93. The Morgan fingerprint density at radius 2 is 2.05 bits per heavy atom. The van der Waals surface area contributed by atoms with Crippen LogP contribution in [0.3, 0.4) is 0 Å². The molecule has 2 aromatic rings. The number of pyridine rings is 1. The summed E-state index contributed by atoms with van der Waals surface area (Å²) in [5.74, 6) is 0.870. The molecule has 0 amide bonds. The third kappa shape index (κ3) is 2.00. The van der Waals surface area contributed by atoms with Crippen LogP contribution in [0.2, 0.25) is 0 Å². The molecule has 0 fully saturated rings. The summed E-state index contributed by atoms with van der Waals surface area (Å²) in [5.41, 5.74) is 3.43. The van der Waals surface area contributed by atoms with Crippen molar-refractivity contribution in [2.75, 3.05) is 4.90 Å². The Hall–Kier alpha value is -1.87. The number of para-hydroxylation sites is 1. The third-order valence-electron chi connectivity index (χ3n) is 3.70. The molecule has 2 heterocycles. The van der Waals surface area contributed by atoms with Gasteiger partial charge in [0.25, 0.3) is 0 Å². The van der Waals surface area contributed by atoms with Crippen molar-refractivity contribution in [2.24, 2.45) is 0 Å². The van der Waals surface area contributed by atoms with E-state index in [0.29, 0.717) is 6.04 Å². The zero-order chi connectivity index (χ0) is 13.4. The monoisotopic (exact) mass is 254 g/mol. The Morgan fingerprint density at radius 3 is 2.84 bits per heavy atom. The van der Waals surface area contributed by atoms with E-state index < -0.39 is 6.10 Å². The summed E-state index contributed by atoms with van der Waals surface area (Å²) < 4.78 is 0. The second-order valence-corrected chi connectivity index (χ2v) is 5.14. The van der Waals surface area contributed by atoms with Gasteiger partial charge in [0.05, 0.1) is 6.10 Å². The van der Waals surface area contributed by atoms with Crippen molar-refractivity contribution in [3.63, 3.8) is 0 Å². The van der Waals surface area contributed by atoms with Crippen molar-refractivity contribution < 1.29 is 5.11 Å². The van der Waals surface area contributed by atoms with Crippen molar-refractivity contribution in [1.82, 2.24) is 4.98 Å². The van der Waals surface area contributed by atoms with Crippen molar-refractivity contribution in [2.45, 2.75) is 32.4 Å². The predicted molar refractivity (Wildman–Crippen MR) is 76.6 cm³/mol. The van der Waals surface area contributed by atoms with E-state index in [-0.39, 0.29) is 0 Å². The number of benzene rings is 1. The minimum atomic E-state index is -0.510. The SMILES string of the molecule is CC(O)c1cccnc1N1c2ccccc2CC1C. The number of fused-ring (bicyclic) bond motifs is 1. The molecule has 1 aliphatic rings. The van der Waals surface area contributed by atoms with E-state index in [4.69, 9.17) is 0 Å². The van der Waals surface area contributed by atoms with E-state index in [0.717, 1.165) is 17.8 Å². The van der Waals surface area contributed by atoms with E-state index in [9.17, 15) is 5.11 Å². The van der Waals surface area contributed by atoms with Gasteiger partial charge in [0.2, 0.25) is 0 Å². The van der Waals surface area contributed by atoms with Crippen molar-refractivity contribution in [1.29, 1.82) is 0 Å². The summed E-state index contributed by atoms with van der Waals surface area (Å²) in [6.07, 6.45) is 2.30. The van der Waals surface area contributed by atoms with E-state index in [2.05, 4.69) is 41.1 Å². The Bertz CT molecular complexity index is 595. The summed E-state index contributed by atoms with van der Waals surface area (Å²) in [7, 11) is 0. The lowest BCUT2D eigenvalue weighted by Crippen LogP contribution is -2.26. The largest absolute Gasteiger partial charge is 0.389 e. The molecule has 3 heteroatoms. The lowest BCUT2D eigenvalue weighted by molar-refractivity contribution is 0.199.